The number of aromatic hydroxyl groups is 1. The average molecular weight is 283 g/mol. The van der Waals surface area contributed by atoms with Crippen molar-refractivity contribution in [2.24, 2.45) is 10.7 Å². The van der Waals surface area contributed by atoms with Gasteiger partial charge < -0.3 is 20.6 Å². The summed E-state index contributed by atoms with van der Waals surface area (Å²) >= 11 is 5.96. The quantitative estimate of drug-likeness (QED) is 0.873. The second kappa shape index (κ2) is 5.67. The van der Waals surface area contributed by atoms with E-state index in [9.17, 15) is 5.11 Å². The van der Waals surface area contributed by atoms with E-state index in [1.807, 2.05) is 20.2 Å². The molecule has 0 spiro atoms. The summed E-state index contributed by atoms with van der Waals surface area (Å²) in [6, 6.07) is 5.34. The molecule has 1 aromatic rings. The monoisotopic (exact) mass is 282 g/mol. The summed E-state index contributed by atoms with van der Waals surface area (Å²) in [5, 5.41) is 9.83. The lowest BCUT2D eigenvalue weighted by Crippen LogP contribution is -2.40. The van der Waals surface area contributed by atoms with Gasteiger partial charge in [0.05, 0.1) is 17.6 Å². The predicted octanol–water partition coefficient (Wildman–Crippen LogP) is 1.28. The molecule has 19 heavy (non-hydrogen) atoms. The Balaban J connectivity index is 2.16. The number of hydrogen-bond acceptors (Lipinski definition) is 5. The maximum absolute atomic E-state index is 9.48. The van der Waals surface area contributed by atoms with E-state index in [4.69, 9.17) is 17.3 Å². The zero-order valence-electron chi connectivity index (χ0n) is 11.2. The van der Waals surface area contributed by atoms with Gasteiger partial charge in [0.2, 0.25) is 0 Å². The Morgan fingerprint density at radius 2 is 2.26 bits per heavy atom. The fourth-order valence-corrected chi connectivity index (χ4v) is 2.31. The van der Waals surface area contributed by atoms with Gasteiger partial charge in [0.15, 0.2) is 5.96 Å². The number of aliphatic imine (C=N–C) groups is 1. The first-order valence-electron chi connectivity index (χ1n) is 6.18. The van der Waals surface area contributed by atoms with E-state index in [2.05, 4.69) is 14.8 Å². The smallest absolute Gasteiger partial charge is 0.191 e. The second-order valence-electron chi connectivity index (χ2n) is 4.92. The van der Waals surface area contributed by atoms with Crippen molar-refractivity contribution in [2.45, 2.75) is 6.04 Å². The van der Waals surface area contributed by atoms with Gasteiger partial charge in [-0.3, -0.25) is 4.99 Å². The number of benzene rings is 1. The van der Waals surface area contributed by atoms with Crippen molar-refractivity contribution in [2.75, 3.05) is 33.7 Å². The molecule has 0 bridgehead atoms. The molecule has 0 fully saturated rings. The summed E-state index contributed by atoms with van der Waals surface area (Å²) in [6.45, 7) is 2.34. The molecule has 1 heterocycles. The maximum atomic E-state index is 9.48. The Morgan fingerprint density at radius 3 is 2.89 bits per heavy atom. The molecule has 1 aliphatic rings. The molecule has 104 valence electrons. The molecule has 0 saturated heterocycles. The van der Waals surface area contributed by atoms with E-state index in [1.165, 1.54) is 0 Å². The molecule has 0 amide bonds. The van der Waals surface area contributed by atoms with Gasteiger partial charge in [-0.05, 0) is 31.8 Å². The first-order valence-corrected chi connectivity index (χ1v) is 6.56. The molecule has 0 aliphatic carbocycles. The van der Waals surface area contributed by atoms with E-state index in [0.717, 1.165) is 18.7 Å². The second-order valence-corrected chi connectivity index (χ2v) is 5.33. The standard InChI is InChI=1S/C13H19ClN4O/c1-17(2)5-6-18-11(8-16-13(18)15)9-3-4-12(19)10(14)7-9/h3-4,7,11,19H,5-6,8H2,1-2H3,(H2,15,16). The minimum Gasteiger partial charge on any atom is -0.506 e. The van der Waals surface area contributed by atoms with Crippen LogP contribution in [0.25, 0.3) is 0 Å². The van der Waals surface area contributed by atoms with Crippen LogP contribution < -0.4 is 5.73 Å². The first kappa shape index (κ1) is 14.0. The van der Waals surface area contributed by atoms with Crippen molar-refractivity contribution in [3.63, 3.8) is 0 Å². The molecule has 5 nitrogen and oxygen atoms in total. The number of guanidine groups is 1. The van der Waals surface area contributed by atoms with Crippen LogP contribution in [0.5, 0.6) is 5.75 Å². The van der Waals surface area contributed by atoms with Crippen molar-refractivity contribution >= 4 is 17.6 Å². The first-order chi connectivity index (χ1) is 8.99. The largest absolute Gasteiger partial charge is 0.506 e. The molecular weight excluding hydrogens is 264 g/mol. The third kappa shape index (κ3) is 3.11. The number of nitrogens with zero attached hydrogens (tertiary/aromatic N) is 3. The summed E-state index contributed by atoms with van der Waals surface area (Å²) in [7, 11) is 4.05. The Kier molecular flexibility index (Phi) is 4.17. The van der Waals surface area contributed by atoms with Gasteiger partial charge in [0.25, 0.3) is 0 Å². The van der Waals surface area contributed by atoms with Crippen LogP contribution >= 0.6 is 11.6 Å². The Labute approximate surface area is 118 Å². The average Bonchev–Trinajstić information content (AvgIpc) is 2.71. The number of phenols is 1. The Hall–Kier alpha value is -1.46. The number of likely N-dealkylation sites (N-methyl/N-ethyl adjacent to an activating group) is 1. The molecule has 0 radical (unpaired) electrons. The highest BCUT2D eigenvalue weighted by atomic mass is 35.5. The summed E-state index contributed by atoms with van der Waals surface area (Å²) in [5.41, 5.74) is 6.96. The minimum atomic E-state index is 0.0946. The zero-order chi connectivity index (χ0) is 14.0. The van der Waals surface area contributed by atoms with Gasteiger partial charge in [-0.15, -0.1) is 0 Å². The molecule has 0 aromatic heterocycles. The third-order valence-corrected chi connectivity index (χ3v) is 3.54. The van der Waals surface area contributed by atoms with Crippen LogP contribution in [0, 0.1) is 0 Å². The van der Waals surface area contributed by atoms with Crippen LogP contribution in [-0.4, -0.2) is 54.6 Å². The minimum absolute atomic E-state index is 0.0946. The lowest BCUT2D eigenvalue weighted by atomic mass is 10.1. The summed E-state index contributed by atoms with van der Waals surface area (Å²) in [6.07, 6.45) is 0. The highest BCUT2D eigenvalue weighted by molar-refractivity contribution is 6.32. The number of phenolic OH excluding ortho intramolecular Hbond substituents is 1. The zero-order valence-corrected chi connectivity index (χ0v) is 11.9. The summed E-state index contributed by atoms with van der Waals surface area (Å²) in [4.78, 5) is 8.48. The molecule has 1 unspecified atom stereocenters. The van der Waals surface area contributed by atoms with E-state index in [1.54, 1.807) is 12.1 Å². The van der Waals surface area contributed by atoms with Gasteiger partial charge in [-0.1, -0.05) is 17.7 Å². The lowest BCUT2D eigenvalue weighted by molar-refractivity contribution is 0.293. The van der Waals surface area contributed by atoms with Crippen LogP contribution in [-0.2, 0) is 0 Å². The maximum Gasteiger partial charge on any atom is 0.191 e. The van der Waals surface area contributed by atoms with Crippen molar-refractivity contribution in [1.82, 2.24) is 9.80 Å². The Morgan fingerprint density at radius 1 is 1.53 bits per heavy atom. The van der Waals surface area contributed by atoms with E-state index >= 15 is 0 Å². The third-order valence-electron chi connectivity index (χ3n) is 3.24. The lowest BCUT2D eigenvalue weighted by Gasteiger charge is -2.28. The van der Waals surface area contributed by atoms with Crippen LogP contribution in [0.3, 0.4) is 0 Å². The van der Waals surface area contributed by atoms with E-state index < -0.39 is 0 Å². The van der Waals surface area contributed by atoms with Crippen LogP contribution in [0.1, 0.15) is 11.6 Å². The van der Waals surface area contributed by atoms with E-state index in [-0.39, 0.29) is 11.8 Å². The Bertz CT molecular complexity index is 490. The van der Waals surface area contributed by atoms with Crippen LogP contribution in [0.4, 0.5) is 0 Å². The van der Waals surface area contributed by atoms with Crippen molar-refractivity contribution < 1.29 is 5.11 Å². The number of halogens is 1. The van der Waals surface area contributed by atoms with Gasteiger partial charge in [0.1, 0.15) is 5.75 Å². The number of rotatable bonds is 4. The van der Waals surface area contributed by atoms with Gasteiger partial charge in [-0.2, -0.15) is 0 Å². The molecule has 2 rings (SSSR count). The van der Waals surface area contributed by atoms with Crippen molar-refractivity contribution in [3.05, 3.63) is 28.8 Å². The fraction of sp³-hybridized carbons (Fsp3) is 0.462. The van der Waals surface area contributed by atoms with Gasteiger partial charge in [0, 0.05) is 13.1 Å². The van der Waals surface area contributed by atoms with Crippen molar-refractivity contribution in [3.8, 4) is 5.75 Å². The van der Waals surface area contributed by atoms with Crippen LogP contribution in [0.15, 0.2) is 23.2 Å². The fourth-order valence-electron chi connectivity index (χ4n) is 2.12. The SMILES string of the molecule is CN(C)CCN1C(N)=NCC1c1ccc(O)c(Cl)c1. The van der Waals surface area contributed by atoms with E-state index in [0.29, 0.717) is 17.5 Å². The van der Waals surface area contributed by atoms with Gasteiger partial charge >= 0.3 is 0 Å². The number of hydrogen-bond donors (Lipinski definition) is 2. The summed E-state index contributed by atoms with van der Waals surface area (Å²) < 4.78 is 0. The predicted molar refractivity (Wildman–Crippen MR) is 77.6 cm³/mol. The molecule has 6 heteroatoms. The highest BCUT2D eigenvalue weighted by Crippen LogP contribution is 2.31. The summed E-state index contributed by atoms with van der Waals surface area (Å²) in [5.74, 6) is 0.660. The molecule has 3 N–H and O–H groups in total. The molecule has 0 saturated carbocycles. The molecule has 1 atom stereocenters. The van der Waals surface area contributed by atoms with Gasteiger partial charge in [-0.25, -0.2) is 0 Å². The topological polar surface area (TPSA) is 65.1 Å². The molecular formula is C13H19ClN4O. The van der Waals surface area contributed by atoms with Crippen molar-refractivity contribution in [1.29, 1.82) is 0 Å². The number of nitrogens with two attached hydrogens (primary N) is 1. The normalized spacial score (nSPS) is 19.1. The van der Waals surface area contributed by atoms with Crippen LogP contribution in [0.2, 0.25) is 5.02 Å². The molecule has 1 aliphatic heterocycles. The molecule has 1 aromatic carbocycles. The highest BCUT2D eigenvalue weighted by Gasteiger charge is 2.27.